The van der Waals surface area contributed by atoms with E-state index in [4.69, 9.17) is 5.73 Å². The summed E-state index contributed by atoms with van der Waals surface area (Å²) in [6.07, 6.45) is 1.08. The molecular formula is C13H20N2S. The predicted molar refractivity (Wildman–Crippen MR) is 72.5 cm³/mol. The van der Waals surface area contributed by atoms with E-state index >= 15 is 0 Å². The van der Waals surface area contributed by atoms with Gasteiger partial charge in [0.2, 0.25) is 0 Å². The van der Waals surface area contributed by atoms with E-state index in [2.05, 4.69) is 37.9 Å². The van der Waals surface area contributed by atoms with Gasteiger partial charge in [-0.25, -0.2) is 0 Å². The fourth-order valence-corrected chi connectivity index (χ4v) is 3.50. The van der Waals surface area contributed by atoms with Crippen LogP contribution in [-0.4, -0.2) is 25.4 Å². The molecule has 3 heteroatoms. The number of hydrogen-bond donors (Lipinski definition) is 1. The Morgan fingerprint density at radius 2 is 2.06 bits per heavy atom. The molecule has 0 aromatic heterocycles. The average Bonchev–Trinajstić information content (AvgIpc) is 2.26. The van der Waals surface area contributed by atoms with Crippen LogP contribution in [0.3, 0.4) is 0 Å². The van der Waals surface area contributed by atoms with Gasteiger partial charge in [-0.1, -0.05) is 0 Å². The minimum atomic E-state index is 0.588. The summed E-state index contributed by atoms with van der Waals surface area (Å²) >= 11 is 1.97. The molecule has 1 unspecified atom stereocenters. The van der Waals surface area contributed by atoms with Gasteiger partial charge < -0.3 is 10.6 Å². The van der Waals surface area contributed by atoms with E-state index in [0.29, 0.717) is 6.04 Å². The Bertz CT molecular complexity index is 390. The second-order valence-corrected chi connectivity index (χ2v) is 5.62. The van der Waals surface area contributed by atoms with Crippen molar-refractivity contribution >= 4 is 17.4 Å². The maximum Gasteiger partial charge on any atom is 0.0507 e. The van der Waals surface area contributed by atoms with Crippen molar-refractivity contribution in [3.63, 3.8) is 0 Å². The Kier molecular flexibility index (Phi) is 3.45. The number of nitrogens with two attached hydrogens (primary N) is 1. The molecular weight excluding hydrogens is 216 g/mol. The minimum absolute atomic E-state index is 0.588. The molecule has 88 valence electrons. The molecule has 0 saturated carbocycles. The minimum Gasteiger partial charge on any atom is -0.370 e. The van der Waals surface area contributed by atoms with E-state index in [1.807, 2.05) is 11.8 Å². The lowest BCUT2D eigenvalue weighted by atomic mass is 10.1. The van der Waals surface area contributed by atoms with Crippen LogP contribution in [0.5, 0.6) is 0 Å². The molecule has 0 amide bonds. The van der Waals surface area contributed by atoms with Crippen LogP contribution in [0.15, 0.2) is 17.0 Å². The highest BCUT2D eigenvalue weighted by Gasteiger charge is 2.23. The van der Waals surface area contributed by atoms with E-state index < -0.39 is 0 Å². The largest absolute Gasteiger partial charge is 0.370 e. The first-order valence-electron chi connectivity index (χ1n) is 5.80. The molecule has 1 heterocycles. The van der Waals surface area contributed by atoms with E-state index in [0.717, 1.165) is 18.7 Å². The molecule has 0 aliphatic carbocycles. The van der Waals surface area contributed by atoms with Crippen molar-refractivity contribution in [2.45, 2.75) is 31.2 Å². The lowest BCUT2D eigenvalue weighted by molar-refractivity contribution is 0.633. The Hall–Kier alpha value is -0.670. The maximum absolute atomic E-state index is 5.66. The summed E-state index contributed by atoms with van der Waals surface area (Å²) in [5.74, 6) is 1.16. The first kappa shape index (κ1) is 11.8. The summed E-state index contributed by atoms with van der Waals surface area (Å²) in [4.78, 5) is 3.81. The first-order valence-corrected chi connectivity index (χ1v) is 6.79. The van der Waals surface area contributed by atoms with Gasteiger partial charge in [0.15, 0.2) is 0 Å². The van der Waals surface area contributed by atoms with Crippen molar-refractivity contribution in [1.82, 2.24) is 0 Å². The van der Waals surface area contributed by atoms with Crippen molar-refractivity contribution in [2.24, 2.45) is 5.73 Å². The van der Waals surface area contributed by atoms with E-state index in [1.165, 1.54) is 21.7 Å². The van der Waals surface area contributed by atoms with Gasteiger partial charge in [-0.15, -0.1) is 11.8 Å². The van der Waals surface area contributed by atoms with Crippen molar-refractivity contribution in [3.8, 4) is 0 Å². The normalized spacial score (nSPS) is 19.8. The Morgan fingerprint density at radius 1 is 1.38 bits per heavy atom. The molecule has 0 saturated heterocycles. The summed E-state index contributed by atoms with van der Waals surface area (Å²) in [7, 11) is 2.19. The average molecular weight is 236 g/mol. The molecule has 0 fully saturated rings. The topological polar surface area (TPSA) is 29.3 Å². The van der Waals surface area contributed by atoms with Crippen LogP contribution in [-0.2, 0) is 0 Å². The van der Waals surface area contributed by atoms with Crippen LogP contribution in [0, 0.1) is 13.8 Å². The zero-order valence-corrected chi connectivity index (χ0v) is 11.1. The third-order valence-corrected chi connectivity index (χ3v) is 4.62. The van der Waals surface area contributed by atoms with Crippen LogP contribution in [0.4, 0.5) is 5.69 Å². The SMILES string of the molecule is Cc1cc2c(cc1C)N(C)C(CCN)CS2. The molecule has 0 radical (unpaired) electrons. The monoisotopic (exact) mass is 236 g/mol. The number of aryl methyl sites for hydroxylation is 2. The van der Waals surface area contributed by atoms with Gasteiger partial charge in [0, 0.05) is 23.7 Å². The first-order chi connectivity index (χ1) is 7.63. The van der Waals surface area contributed by atoms with Crippen LogP contribution < -0.4 is 10.6 Å². The molecule has 1 aliphatic heterocycles. The van der Waals surface area contributed by atoms with Crippen LogP contribution in [0.1, 0.15) is 17.5 Å². The number of nitrogens with zero attached hydrogens (tertiary/aromatic N) is 1. The summed E-state index contributed by atoms with van der Waals surface area (Å²) in [6, 6.07) is 5.20. The molecule has 1 aliphatic rings. The Morgan fingerprint density at radius 3 is 2.75 bits per heavy atom. The Labute approximate surface area is 102 Å². The molecule has 16 heavy (non-hydrogen) atoms. The van der Waals surface area contributed by atoms with Gasteiger partial charge in [-0.05, 0) is 50.1 Å². The molecule has 2 nitrogen and oxygen atoms in total. The highest BCUT2D eigenvalue weighted by Crippen LogP contribution is 2.38. The van der Waals surface area contributed by atoms with Crippen LogP contribution in [0.2, 0.25) is 0 Å². The quantitative estimate of drug-likeness (QED) is 0.855. The summed E-state index contributed by atoms with van der Waals surface area (Å²) in [5, 5.41) is 0. The maximum atomic E-state index is 5.66. The van der Waals surface area contributed by atoms with E-state index in [9.17, 15) is 0 Å². The number of thioether (sulfide) groups is 1. The predicted octanol–water partition coefficient (Wildman–Crippen LogP) is 2.56. The van der Waals surface area contributed by atoms with Gasteiger partial charge in [-0.2, -0.15) is 0 Å². The summed E-state index contributed by atoms with van der Waals surface area (Å²) < 4.78 is 0. The number of rotatable bonds is 2. The highest BCUT2D eigenvalue weighted by atomic mass is 32.2. The Balaban J connectivity index is 2.33. The summed E-state index contributed by atoms with van der Waals surface area (Å²) in [5.41, 5.74) is 9.79. The molecule has 2 N–H and O–H groups in total. The fraction of sp³-hybridized carbons (Fsp3) is 0.538. The number of fused-ring (bicyclic) bond motifs is 1. The van der Waals surface area contributed by atoms with Gasteiger partial charge in [-0.3, -0.25) is 0 Å². The lowest BCUT2D eigenvalue weighted by Crippen LogP contribution is -2.38. The van der Waals surface area contributed by atoms with Crippen molar-refractivity contribution in [2.75, 3.05) is 24.2 Å². The van der Waals surface area contributed by atoms with Gasteiger partial charge >= 0.3 is 0 Å². The number of benzene rings is 1. The van der Waals surface area contributed by atoms with E-state index in [1.54, 1.807) is 0 Å². The smallest absolute Gasteiger partial charge is 0.0507 e. The lowest BCUT2D eigenvalue weighted by Gasteiger charge is -2.36. The standard InChI is InChI=1S/C13H20N2S/c1-9-6-12-13(7-10(9)2)16-8-11(4-5-14)15(12)3/h6-7,11H,4-5,8,14H2,1-3H3. The zero-order valence-electron chi connectivity index (χ0n) is 10.3. The second-order valence-electron chi connectivity index (χ2n) is 4.56. The molecule has 2 rings (SSSR count). The third-order valence-electron chi connectivity index (χ3n) is 3.43. The molecule has 1 atom stereocenters. The van der Waals surface area contributed by atoms with Crippen molar-refractivity contribution < 1.29 is 0 Å². The summed E-state index contributed by atoms with van der Waals surface area (Å²) in [6.45, 7) is 5.14. The van der Waals surface area contributed by atoms with Gasteiger partial charge in [0.25, 0.3) is 0 Å². The van der Waals surface area contributed by atoms with Crippen molar-refractivity contribution in [1.29, 1.82) is 0 Å². The van der Waals surface area contributed by atoms with Crippen molar-refractivity contribution in [3.05, 3.63) is 23.3 Å². The van der Waals surface area contributed by atoms with E-state index in [-0.39, 0.29) is 0 Å². The molecule has 1 aromatic rings. The molecule has 0 bridgehead atoms. The second kappa shape index (κ2) is 4.68. The molecule has 0 spiro atoms. The zero-order chi connectivity index (χ0) is 11.7. The molecule has 1 aromatic carbocycles. The van der Waals surface area contributed by atoms with Gasteiger partial charge in [0.05, 0.1) is 5.69 Å². The van der Waals surface area contributed by atoms with Crippen LogP contribution >= 0.6 is 11.8 Å². The highest BCUT2D eigenvalue weighted by molar-refractivity contribution is 7.99. The number of hydrogen-bond acceptors (Lipinski definition) is 3. The van der Waals surface area contributed by atoms with Gasteiger partial charge in [0.1, 0.15) is 0 Å². The van der Waals surface area contributed by atoms with Crippen LogP contribution in [0.25, 0.3) is 0 Å². The fourth-order valence-electron chi connectivity index (χ4n) is 2.13. The third kappa shape index (κ3) is 2.06. The number of anilines is 1.